The zero-order chi connectivity index (χ0) is 11.7. The number of hydrogen-bond acceptors (Lipinski definition) is 2. The van der Waals surface area contributed by atoms with Gasteiger partial charge in [-0.15, -0.1) is 11.6 Å². The van der Waals surface area contributed by atoms with Crippen LogP contribution in [0.1, 0.15) is 30.9 Å². The molecule has 1 aromatic carbocycles. The normalized spacial score (nSPS) is 11.2. The zero-order valence-corrected chi connectivity index (χ0v) is 10.0. The van der Waals surface area contributed by atoms with Crippen LogP contribution in [0.3, 0.4) is 0 Å². The first kappa shape index (κ1) is 11.2. The molecule has 0 radical (unpaired) electrons. The minimum Gasteiger partial charge on any atom is -0.423 e. The summed E-state index contributed by atoms with van der Waals surface area (Å²) in [5.41, 5.74) is 2.30. The van der Waals surface area contributed by atoms with Crippen LogP contribution in [0.15, 0.2) is 33.5 Å². The fraction of sp³-hybridized carbons (Fsp3) is 0.308. The van der Waals surface area contributed by atoms with Gasteiger partial charge in [0.1, 0.15) is 5.58 Å². The molecule has 0 atom stereocenters. The van der Waals surface area contributed by atoms with Crippen LogP contribution in [0, 0.1) is 0 Å². The van der Waals surface area contributed by atoms with Gasteiger partial charge in [0, 0.05) is 17.3 Å². The molecule has 0 unspecified atom stereocenters. The molecule has 2 aromatic rings. The molecule has 3 heteroatoms. The summed E-state index contributed by atoms with van der Waals surface area (Å²) in [4.78, 5) is 11.3. The monoisotopic (exact) mass is 236 g/mol. The van der Waals surface area contributed by atoms with E-state index in [0.29, 0.717) is 17.4 Å². The van der Waals surface area contributed by atoms with Crippen molar-refractivity contribution in [3.05, 3.63) is 45.8 Å². The van der Waals surface area contributed by atoms with E-state index in [1.807, 2.05) is 18.2 Å². The highest BCUT2D eigenvalue weighted by atomic mass is 35.5. The summed E-state index contributed by atoms with van der Waals surface area (Å²) in [6.45, 7) is 4.25. The Morgan fingerprint density at radius 3 is 2.69 bits per heavy atom. The lowest BCUT2D eigenvalue weighted by Gasteiger charge is -2.08. The quantitative estimate of drug-likeness (QED) is 0.589. The van der Waals surface area contributed by atoms with Gasteiger partial charge < -0.3 is 4.42 Å². The number of hydrogen-bond donors (Lipinski definition) is 0. The summed E-state index contributed by atoms with van der Waals surface area (Å²) < 4.78 is 5.12. The number of fused-ring (bicyclic) bond motifs is 1. The van der Waals surface area contributed by atoms with Gasteiger partial charge in [0.15, 0.2) is 0 Å². The van der Waals surface area contributed by atoms with Crippen molar-refractivity contribution in [2.45, 2.75) is 25.6 Å². The van der Waals surface area contributed by atoms with Crippen LogP contribution in [0.5, 0.6) is 0 Å². The van der Waals surface area contributed by atoms with E-state index in [1.165, 1.54) is 11.6 Å². The molecule has 1 heterocycles. The first-order chi connectivity index (χ1) is 7.61. The molecule has 0 aliphatic heterocycles. The van der Waals surface area contributed by atoms with E-state index in [-0.39, 0.29) is 5.63 Å². The average molecular weight is 237 g/mol. The molecule has 0 aliphatic rings. The first-order valence-electron chi connectivity index (χ1n) is 5.24. The topological polar surface area (TPSA) is 30.2 Å². The summed E-state index contributed by atoms with van der Waals surface area (Å²) in [6.07, 6.45) is 0. The Labute approximate surface area is 98.8 Å². The lowest BCUT2D eigenvalue weighted by molar-refractivity contribution is 0.559. The predicted molar refractivity (Wildman–Crippen MR) is 66.1 cm³/mol. The minimum absolute atomic E-state index is 0.323. The maximum atomic E-state index is 11.3. The third kappa shape index (κ3) is 1.98. The van der Waals surface area contributed by atoms with Crippen molar-refractivity contribution in [3.8, 4) is 0 Å². The third-order valence-corrected chi connectivity index (χ3v) is 2.95. The molecule has 0 bridgehead atoms. The SMILES string of the molecule is CC(C)c1ccc2oc(=O)cc(CCl)c2c1. The summed E-state index contributed by atoms with van der Waals surface area (Å²) in [7, 11) is 0. The fourth-order valence-electron chi connectivity index (χ4n) is 1.72. The molecule has 0 spiro atoms. The predicted octanol–water partition coefficient (Wildman–Crippen LogP) is 3.66. The Balaban J connectivity index is 2.76. The minimum atomic E-state index is -0.347. The van der Waals surface area contributed by atoms with E-state index in [9.17, 15) is 4.79 Å². The summed E-state index contributed by atoms with van der Waals surface area (Å²) >= 11 is 5.83. The largest absolute Gasteiger partial charge is 0.423 e. The van der Waals surface area contributed by atoms with Gasteiger partial charge in [-0.05, 0) is 29.2 Å². The molecule has 2 rings (SSSR count). The van der Waals surface area contributed by atoms with E-state index >= 15 is 0 Å². The van der Waals surface area contributed by atoms with Gasteiger partial charge in [0.05, 0.1) is 0 Å². The molecule has 0 saturated carbocycles. The molecular weight excluding hydrogens is 224 g/mol. The van der Waals surface area contributed by atoms with Gasteiger partial charge in [-0.2, -0.15) is 0 Å². The van der Waals surface area contributed by atoms with Crippen molar-refractivity contribution in [1.29, 1.82) is 0 Å². The summed E-state index contributed by atoms with van der Waals surface area (Å²) in [5, 5.41) is 0.931. The van der Waals surface area contributed by atoms with Gasteiger partial charge in [0.25, 0.3) is 0 Å². The maximum Gasteiger partial charge on any atom is 0.336 e. The lowest BCUT2D eigenvalue weighted by atomic mass is 10.00. The molecule has 1 aromatic heterocycles. The molecule has 0 saturated heterocycles. The van der Waals surface area contributed by atoms with Crippen LogP contribution in [0.2, 0.25) is 0 Å². The van der Waals surface area contributed by atoms with E-state index in [4.69, 9.17) is 16.0 Å². The van der Waals surface area contributed by atoms with Crippen molar-refractivity contribution >= 4 is 22.6 Å². The summed E-state index contributed by atoms with van der Waals surface area (Å²) in [6, 6.07) is 7.32. The van der Waals surface area contributed by atoms with Crippen LogP contribution in [0.4, 0.5) is 0 Å². The van der Waals surface area contributed by atoms with Gasteiger partial charge in [-0.3, -0.25) is 0 Å². The molecule has 0 aliphatic carbocycles. The van der Waals surface area contributed by atoms with E-state index in [0.717, 1.165) is 10.9 Å². The lowest BCUT2D eigenvalue weighted by Crippen LogP contribution is -2.00. The number of halogens is 1. The van der Waals surface area contributed by atoms with E-state index < -0.39 is 0 Å². The Kier molecular flexibility index (Phi) is 3.01. The van der Waals surface area contributed by atoms with Gasteiger partial charge in [-0.1, -0.05) is 19.9 Å². The average Bonchev–Trinajstić information content (AvgIpc) is 2.27. The first-order valence-corrected chi connectivity index (χ1v) is 5.78. The van der Waals surface area contributed by atoms with Gasteiger partial charge >= 0.3 is 5.63 Å². The number of benzene rings is 1. The van der Waals surface area contributed by atoms with Crippen molar-refractivity contribution in [3.63, 3.8) is 0 Å². The molecule has 0 fully saturated rings. The van der Waals surface area contributed by atoms with Crippen molar-refractivity contribution in [2.75, 3.05) is 0 Å². The molecule has 16 heavy (non-hydrogen) atoms. The zero-order valence-electron chi connectivity index (χ0n) is 9.29. The van der Waals surface area contributed by atoms with Crippen LogP contribution < -0.4 is 5.63 Å². The van der Waals surface area contributed by atoms with Crippen molar-refractivity contribution in [1.82, 2.24) is 0 Å². The Morgan fingerprint density at radius 2 is 2.06 bits per heavy atom. The molecule has 2 nitrogen and oxygen atoms in total. The van der Waals surface area contributed by atoms with E-state index in [1.54, 1.807) is 0 Å². The van der Waals surface area contributed by atoms with Gasteiger partial charge in [0.2, 0.25) is 0 Å². The summed E-state index contributed by atoms with van der Waals surface area (Å²) in [5.74, 6) is 0.767. The second kappa shape index (κ2) is 4.30. The third-order valence-electron chi connectivity index (χ3n) is 2.66. The van der Waals surface area contributed by atoms with Crippen molar-refractivity contribution < 1.29 is 4.42 Å². The highest BCUT2D eigenvalue weighted by Gasteiger charge is 2.07. The Morgan fingerprint density at radius 1 is 1.31 bits per heavy atom. The highest BCUT2D eigenvalue weighted by molar-refractivity contribution is 6.17. The van der Waals surface area contributed by atoms with Crippen LogP contribution in [0.25, 0.3) is 11.0 Å². The molecule has 0 N–H and O–H groups in total. The fourth-order valence-corrected chi connectivity index (χ4v) is 1.94. The second-order valence-electron chi connectivity index (χ2n) is 4.13. The van der Waals surface area contributed by atoms with Crippen LogP contribution in [-0.4, -0.2) is 0 Å². The van der Waals surface area contributed by atoms with Crippen LogP contribution in [-0.2, 0) is 5.88 Å². The Hall–Kier alpha value is -1.28. The van der Waals surface area contributed by atoms with Crippen LogP contribution >= 0.6 is 11.6 Å². The van der Waals surface area contributed by atoms with E-state index in [2.05, 4.69) is 13.8 Å². The molecule has 0 amide bonds. The number of rotatable bonds is 2. The standard InChI is InChI=1S/C13H13ClO2/c1-8(2)9-3-4-12-11(5-9)10(7-14)6-13(15)16-12/h3-6,8H,7H2,1-2H3. The molecular formula is C13H13ClO2. The second-order valence-corrected chi connectivity index (χ2v) is 4.40. The molecule has 84 valence electrons. The Bertz CT molecular complexity index is 570. The van der Waals surface area contributed by atoms with Crippen molar-refractivity contribution in [2.24, 2.45) is 0 Å². The number of alkyl halides is 1. The van der Waals surface area contributed by atoms with Gasteiger partial charge in [-0.25, -0.2) is 4.79 Å². The smallest absolute Gasteiger partial charge is 0.336 e. The highest BCUT2D eigenvalue weighted by Crippen LogP contribution is 2.23. The maximum absolute atomic E-state index is 11.3.